The van der Waals surface area contributed by atoms with E-state index in [0.29, 0.717) is 11.5 Å². The van der Waals surface area contributed by atoms with Gasteiger partial charge in [0.05, 0.1) is 6.61 Å². The molecule has 1 fully saturated rings. The third kappa shape index (κ3) is 4.84. The van der Waals surface area contributed by atoms with Crippen molar-refractivity contribution in [2.45, 2.75) is 32.7 Å². The Hall–Kier alpha value is -0.160. The molecule has 1 N–H and O–H groups in total. The zero-order valence-electron chi connectivity index (χ0n) is 12.5. The molecule has 0 aromatic heterocycles. The first-order chi connectivity index (χ1) is 8.61. The molecule has 0 bridgehead atoms. The molecule has 0 amide bonds. The van der Waals surface area contributed by atoms with Gasteiger partial charge in [0.1, 0.15) is 0 Å². The lowest BCUT2D eigenvalue weighted by molar-refractivity contribution is 0.0334. The molecule has 0 saturated carbocycles. The summed E-state index contributed by atoms with van der Waals surface area (Å²) < 4.78 is 10.4. The monoisotopic (exact) mass is 258 g/mol. The summed E-state index contributed by atoms with van der Waals surface area (Å²) in [6.45, 7) is 10.7. The van der Waals surface area contributed by atoms with Gasteiger partial charge in [-0.1, -0.05) is 13.8 Å². The van der Waals surface area contributed by atoms with Gasteiger partial charge in [0.25, 0.3) is 0 Å². The van der Waals surface area contributed by atoms with Gasteiger partial charge in [-0.2, -0.15) is 0 Å². The Kier molecular flexibility index (Phi) is 7.15. The van der Waals surface area contributed by atoms with E-state index in [2.05, 4.69) is 24.1 Å². The summed E-state index contributed by atoms with van der Waals surface area (Å²) in [4.78, 5) is 2.59. The fourth-order valence-electron chi connectivity index (χ4n) is 2.88. The molecule has 1 rings (SSSR count). The van der Waals surface area contributed by atoms with Gasteiger partial charge >= 0.3 is 0 Å². The molecule has 0 spiro atoms. The van der Waals surface area contributed by atoms with Gasteiger partial charge in [-0.05, 0) is 24.8 Å². The molecule has 108 valence electrons. The third-order valence-corrected chi connectivity index (χ3v) is 3.89. The van der Waals surface area contributed by atoms with Crippen molar-refractivity contribution in [1.82, 2.24) is 10.2 Å². The minimum atomic E-state index is 0.332. The van der Waals surface area contributed by atoms with Crippen LogP contribution < -0.4 is 5.32 Å². The van der Waals surface area contributed by atoms with Gasteiger partial charge in [0, 0.05) is 46.5 Å². The Labute approximate surface area is 112 Å². The van der Waals surface area contributed by atoms with Gasteiger partial charge in [-0.3, -0.25) is 4.90 Å². The number of nitrogens with one attached hydrogen (secondary N) is 1. The topological polar surface area (TPSA) is 33.7 Å². The quantitative estimate of drug-likeness (QED) is 0.667. The molecule has 4 nitrogen and oxygen atoms in total. The summed E-state index contributed by atoms with van der Waals surface area (Å²) >= 11 is 0. The maximum Gasteiger partial charge on any atom is 0.0589 e. The Morgan fingerprint density at radius 1 is 1.17 bits per heavy atom. The number of hydrogen-bond donors (Lipinski definition) is 1. The van der Waals surface area contributed by atoms with Crippen LogP contribution in [0, 0.1) is 5.41 Å². The van der Waals surface area contributed by atoms with Crippen molar-refractivity contribution in [2.24, 2.45) is 5.41 Å². The molecular formula is C14H30N2O2. The highest BCUT2D eigenvalue weighted by atomic mass is 16.5. The normalized spacial score (nSPS) is 23.5. The first-order valence-corrected chi connectivity index (χ1v) is 7.04. The largest absolute Gasteiger partial charge is 0.385 e. The van der Waals surface area contributed by atoms with E-state index in [1.165, 1.54) is 6.42 Å². The number of hydrogen-bond acceptors (Lipinski definition) is 4. The average molecular weight is 258 g/mol. The average Bonchev–Trinajstić information content (AvgIpc) is 2.34. The van der Waals surface area contributed by atoms with E-state index in [4.69, 9.17) is 9.47 Å². The molecule has 1 atom stereocenters. The molecule has 1 aliphatic heterocycles. The lowest BCUT2D eigenvalue weighted by Gasteiger charge is -2.45. The number of piperidine rings is 1. The molecule has 0 aromatic carbocycles. The molecule has 0 radical (unpaired) electrons. The van der Waals surface area contributed by atoms with Crippen LogP contribution in [0.25, 0.3) is 0 Å². The maximum atomic E-state index is 5.25. The number of rotatable bonds is 8. The van der Waals surface area contributed by atoms with E-state index < -0.39 is 0 Å². The summed E-state index contributed by atoms with van der Waals surface area (Å²) in [6, 6.07) is 0.644. The van der Waals surface area contributed by atoms with E-state index in [1.54, 1.807) is 14.2 Å². The van der Waals surface area contributed by atoms with Crippen LogP contribution in [-0.2, 0) is 9.47 Å². The summed E-state index contributed by atoms with van der Waals surface area (Å²) in [5, 5.41) is 3.50. The third-order valence-electron chi connectivity index (χ3n) is 3.89. The fraction of sp³-hybridized carbons (Fsp3) is 1.00. The minimum Gasteiger partial charge on any atom is -0.385 e. The van der Waals surface area contributed by atoms with Gasteiger partial charge in [-0.15, -0.1) is 0 Å². The van der Waals surface area contributed by atoms with Crippen LogP contribution >= 0.6 is 0 Å². The second kappa shape index (κ2) is 8.10. The molecule has 1 saturated heterocycles. The zero-order chi connectivity index (χ0) is 13.4. The van der Waals surface area contributed by atoms with Crippen molar-refractivity contribution >= 4 is 0 Å². The highest BCUT2D eigenvalue weighted by Gasteiger charge is 2.35. The Balaban J connectivity index is 2.55. The first-order valence-electron chi connectivity index (χ1n) is 7.04. The van der Waals surface area contributed by atoms with Crippen LogP contribution in [0.4, 0.5) is 0 Å². The van der Waals surface area contributed by atoms with Crippen LogP contribution in [0.15, 0.2) is 0 Å². The Morgan fingerprint density at radius 3 is 2.50 bits per heavy atom. The van der Waals surface area contributed by atoms with Crippen molar-refractivity contribution in [3.05, 3.63) is 0 Å². The molecule has 4 heteroatoms. The Bertz CT molecular complexity index is 222. The molecular weight excluding hydrogens is 228 g/mol. The predicted molar refractivity (Wildman–Crippen MR) is 75.0 cm³/mol. The van der Waals surface area contributed by atoms with Crippen molar-refractivity contribution in [3.63, 3.8) is 0 Å². The predicted octanol–water partition coefficient (Wildman–Crippen LogP) is 1.36. The standard InChI is InChI=1S/C14H30N2O2/c1-14(2)12-15-7-6-13(14)16(9-11-18-4)8-5-10-17-3/h13,15H,5-12H2,1-4H3. The highest BCUT2D eigenvalue weighted by Crippen LogP contribution is 2.29. The number of ether oxygens (including phenoxy) is 2. The lowest BCUT2D eigenvalue weighted by Crippen LogP contribution is -2.55. The van der Waals surface area contributed by atoms with Gasteiger partial charge in [0.2, 0.25) is 0 Å². The van der Waals surface area contributed by atoms with E-state index in [1.807, 2.05) is 0 Å². The van der Waals surface area contributed by atoms with E-state index in [0.717, 1.165) is 45.8 Å². The van der Waals surface area contributed by atoms with Crippen LogP contribution in [0.5, 0.6) is 0 Å². The van der Waals surface area contributed by atoms with Crippen molar-refractivity contribution in [2.75, 3.05) is 53.6 Å². The molecule has 18 heavy (non-hydrogen) atoms. The number of methoxy groups -OCH3 is 2. The van der Waals surface area contributed by atoms with Gasteiger partial charge < -0.3 is 14.8 Å². The van der Waals surface area contributed by atoms with E-state index in [9.17, 15) is 0 Å². The second-order valence-corrected chi connectivity index (χ2v) is 5.84. The smallest absolute Gasteiger partial charge is 0.0589 e. The first kappa shape index (κ1) is 15.9. The Morgan fingerprint density at radius 2 is 1.89 bits per heavy atom. The lowest BCUT2D eigenvalue weighted by atomic mass is 9.79. The number of nitrogens with zero attached hydrogens (tertiary/aromatic N) is 1. The van der Waals surface area contributed by atoms with E-state index in [-0.39, 0.29) is 0 Å². The van der Waals surface area contributed by atoms with Crippen molar-refractivity contribution in [3.8, 4) is 0 Å². The molecule has 1 unspecified atom stereocenters. The molecule has 1 aliphatic rings. The zero-order valence-corrected chi connectivity index (χ0v) is 12.5. The maximum absolute atomic E-state index is 5.25. The van der Waals surface area contributed by atoms with Crippen LogP contribution in [0.1, 0.15) is 26.7 Å². The molecule has 0 aromatic rings. The summed E-state index contributed by atoms with van der Waals surface area (Å²) in [6.07, 6.45) is 2.32. The summed E-state index contributed by atoms with van der Waals surface area (Å²) in [5.41, 5.74) is 0.332. The van der Waals surface area contributed by atoms with Crippen LogP contribution in [-0.4, -0.2) is 64.6 Å². The summed E-state index contributed by atoms with van der Waals surface area (Å²) in [5.74, 6) is 0. The molecule has 0 aliphatic carbocycles. The summed E-state index contributed by atoms with van der Waals surface area (Å²) in [7, 11) is 3.55. The van der Waals surface area contributed by atoms with Crippen molar-refractivity contribution in [1.29, 1.82) is 0 Å². The SMILES string of the molecule is COCCCN(CCOC)C1CCNCC1(C)C. The highest BCUT2D eigenvalue weighted by molar-refractivity contribution is 4.91. The molecule has 1 heterocycles. The second-order valence-electron chi connectivity index (χ2n) is 5.84. The van der Waals surface area contributed by atoms with Gasteiger partial charge in [-0.25, -0.2) is 0 Å². The van der Waals surface area contributed by atoms with Crippen LogP contribution in [0.2, 0.25) is 0 Å². The van der Waals surface area contributed by atoms with E-state index >= 15 is 0 Å². The van der Waals surface area contributed by atoms with Crippen molar-refractivity contribution < 1.29 is 9.47 Å². The van der Waals surface area contributed by atoms with Crippen LogP contribution in [0.3, 0.4) is 0 Å². The van der Waals surface area contributed by atoms with Gasteiger partial charge in [0.15, 0.2) is 0 Å². The fourth-order valence-corrected chi connectivity index (χ4v) is 2.88. The minimum absolute atomic E-state index is 0.332.